The molecule has 0 aromatic heterocycles. The molecule has 0 radical (unpaired) electrons. The van der Waals surface area contributed by atoms with Crippen molar-refractivity contribution in [1.82, 2.24) is 5.32 Å². The van der Waals surface area contributed by atoms with E-state index in [1.54, 1.807) is 0 Å². The lowest BCUT2D eigenvalue weighted by Gasteiger charge is -2.16. The lowest BCUT2D eigenvalue weighted by molar-refractivity contribution is 0.476. The molecule has 1 aliphatic rings. The molecule has 0 heterocycles. The summed E-state index contributed by atoms with van der Waals surface area (Å²) >= 11 is 0. The summed E-state index contributed by atoms with van der Waals surface area (Å²) in [5.74, 6) is 0.936. The van der Waals surface area contributed by atoms with Crippen molar-refractivity contribution in [3.05, 3.63) is 35.9 Å². The molecule has 1 saturated carbocycles. The molecule has 0 spiro atoms. The minimum Gasteiger partial charge on any atom is -0.329 e. The van der Waals surface area contributed by atoms with Crippen molar-refractivity contribution in [2.75, 3.05) is 13.1 Å². The molecule has 1 aromatic carbocycles. The summed E-state index contributed by atoms with van der Waals surface area (Å²) in [6.45, 7) is 1.91. The summed E-state index contributed by atoms with van der Waals surface area (Å²) in [4.78, 5) is 0. The highest BCUT2D eigenvalue weighted by molar-refractivity contribution is 5.14. The first kappa shape index (κ1) is 11.6. The van der Waals surface area contributed by atoms with Gasteiger partial charge in [-0.1, -0.05) is 30.3 Å². The van der Waals surface area contributed by atoms with Gasteiger partial charge in [0.25, 0.3) is 0 Å². The van der Waals surface area contributed by atoms with Crippen molar-refractivity contribution in [2.45, 2.75) is 31.7 Å². The maximum Gasteiger partial charge on any atom is 0.0193 e. The van der Waals surface area contributed by atoms with Gasteiger partial charge in [-0.2, -0.15) is 0 Å². The van der Waals surface area contributed by atoms with Gasteiger partial charge < -0.3 is 11.1 Å². The van der Waals surface area contributed by atoms with E-state index in [2.05, 4.69) is 35.6 Å². The van der Waals surface area contributed by atoms with E-state index in [1.165, 1.54) is 18.4 Å². The largest absolute Gasteiger partial charge is 0.329 e. The van der Waals surface area contributed by atoms with Gasteiger partial charge in [-0.3, -0.25) is 0 Å². The van der Waals surface area contributed by atoms with Gasteiger partial charge in [0.15, 0.2) is 0 Å². The zero-order valence-electron chi connectivity index (χ0n) is 9.86. The number of aryl methyl sites for hydroxylation is 1. The fourth-order valence-electron chi connectivity index (χ4n) is 1.94. The molecule has 0 aliphatic heterocycles. The van der Waals surface area contributed by atoms with Crippen molar-refractivity contribution in [3.63, 3.8) is 0 Å². The van der Waals surface area contributed by atoms with Crippen LogP contribution in [0.2, 0.25) is 0 Å². The van der Waals surface area contributed by atoms with E-state index in [9.17, 15) is 0 Å². The van der Waals surface area contributed by atoms with E-state index in [0.29, 0.717) is 6.04 Å². The molecule has 1 unspecified atom stereocenters. The Hall–Kier alpha value is -0.860. The minimum absolute atomic E-state index is 0.487. The van der Waals surface area contributed by atoms with Crippen LogP contribution in [0.4, 0.5) is 0 Å². The van der Waals surface area contributed by atoms with Crippen LogP contribution in [-0.4, -0.2) is 19.1 Å². The number of nitrogens with one attached hydrogen (secondary N) is 1. The number of rotatable bonds is 7. The first-order valence-corrected chi connectivity index (χ1v) is 6.36. The molecule has 2 rings (SSSR count). The Morgan fingerprint density at radius 3 is 2.62 bits per heavy atom. The molecule has 3 N–H and O–H groups in total. The number of benzene rings is 1. The molecular weight excluding hydrogens is 196 g/mol. The molecular formula is C14H22N2. The number of nitrogens with two attached hydrogens (primary N) is 1. The zero-order chi connectivity index (χ0) is 11.2. The Kier molecular flexibility index (Phi) is 4.37. The van der Waals surface area contributed by atoms with Gasteiger partial charge in [0.1, 0.15) is 0 Å². The number of hydrogen-bond acceptors (Lipinski definition) is 2. The molecule has 1 aliphatic carbocycles. The summed E-state index contributed by atoms with van der Waals surface area (Å²) in [5, 5.41) is 3.58. The molecule has 1 atom stereocenters. The van der Waals surface area contributed by atoms with E-state index < -0.39 is 0 Å². The van der Waals surface area contributed by atoms with Gasteiger partial charge in [-0.15, -0.1) is 0 Å². The maximum atomic E-state index is 5.78. The highest BCUT2D eigenvalue weighted by Gasteiger charge is 2.21. The maximum absolute atomic E-state index is 5.78. The van der Waals surface area contributed by atoms with Crippen LogP contribution in [0.1, 0.15) is 24.8 Å². The molecule has 1 fully saturated rings. The summed E-state index contributed by atoms with van der Waals surface area (Å²) in [6.07, 6.45) is 5.08. The quantitative estimate of drug-likeness (QED) is 0.734. The van der Waals surface area contributed by atoms with E-state index in [4.69, 9.17) is 5.73 Å². The molecule has 2 heteroatoms. The first-order chi connectivity index (χ1) is 7.88. The monoisotopic (exact) mass is 218 g/mol. The lowest BCUT2D eigenvalue weighted by atomic mass is 10.1. The van der Waals surface area contributed by atoms with Crippen molar-refractivity contribution in [1.29, 1.82) is 0 Å². The van der Waals surface area contributed by atoms with E-state index in [-0.39, 0.29) is 0 Å². The predicted octanol–water partition coefficient (Wildman–Crippen LogP) is 1.95. The van der Waals surface area contributed by atoms with Gasteiger partial charge in [0, 0.05) is 12.6 Å². The van der Waals surface area contributed by atoms with Crippen molar-refractivity contribution in [3.8, 4) is 0 Å². The van der Waals surface area contributed by atoms with Crippen LogP contribution in [0.3, 0.4) is 0 Å². The minimum atomic E-state index is 0.487. The molecule has 16 heavy (non-hydrogen) atoms. The standard InChI is InChI=1S/C14H22N2/c15-10-14(16-11-13-6-7-13)9-8-12-4-2-1-3-5-12/h1-5,13-14,16H,6-11,15H2. The fraction of sp³-hybridized carbons (Fsp3) is 0.571. The number of hydrogen-bond donors (Lipinski definition) is 2. The lowest BCUT2D eigenvalue weighted by Crippen LogP contribution is -2.37. The Bertz CT molecular complexity index is 293. The van der Waals surface area contributed by atoms with Crippen LogP contribution in [0.25, 0.3) is 0 Å². The van der Waals surface area contributed by atoms with Crippen LogP contribution in [0.15, 0.2) is 30.3 Å². The van der Waals surface area contributed by atoms with E-state index in [1.807, 2.05) is 0 Å². The third-order valence-corrected chi connectivity index (χ3v) is 3.30. The van der Waals surface area contributed by atoms with Gasteiger partial charge >= 0.3 is 0 Å². The predicted molar refractivity (Wildman–Crippen MR) is 68.3 cm³/mol. The summed E-state index contributed by atoms with van der Waals surface area (Å²) in [5.41, 5.74) is 7.19. The Balaban J connectivity index is 1.69. The zero-order valence-corrected chi connectivity index (χ0v) is 9.86. The molecule has 0 saturated heterocycles. The SMILES string of the molecule is NCC(CCc1ccccc1)NCC1CC1. The highest BCUT2D eigenvalue weighted by Crippen LogP contribution is 2.27. The Labute approximate surface area is 98.2 Å². The molecule has 88 valence electrons. The second-order valence-corrected chi connectivity index (χ2v) is 4.81. The normalized spacial score (nSPS) is 17.3. The summed E-state index contributed by atoms with van der Waals surface area (Å²) in [6, 6.07) is 11.1. The highest BCUT2D eigenvalue weighted by atomic mass is 14.9. The summed E-state index contributed by atoms with van der Waals surface area (Å²) < 4.78 is 0. The Morgan fingerprint density at radius 2 is 2.00 bits per heavy atom. The van der Waals surface area contributed by atoms with Gasteiger partial charge in [0.2, 0.25) is 0 Å². The average Bonchev–Trinajstić information content (AvgIpc) is 3.15. The summed E-state index contributed by atoms with van der Waals surface area (Å²) in [7, 11) is 0. The van der Waals surface area contributed by atoms with Crippen molar-refractivity contribution in [2.24, 2.45) is 11.7 Å². The molecule has 0 amide bonds. The van der Waals surface area contributed by atoms with E-state index >= 15 is 0 Å². The van der Waals surface area contributed by atoms with Crippen LogP contribution < -0.4 is 11.1 Å². The van der Waals surface area contributed by atoms with Crippen LogP contribution in [-0.2, 0) is 6.42 Å². The third-order valence-electron chi connectivity index (χ3n) is 3.30. The average molecular weight is 218 g/mol. The van der Waals surface area contributed by atoms with Crippen LogP contribution in [0, 0.1) is 5.92 Å². The topological polar surface area (TPSA) is 38.0 Å². The van der Waals surface area contributed by atoms with Crippen LogP contribution in [0.5, 0.6) is 0 Å². The van der Waals surface area contributed by atoms with Crippen molar-refractivity contribution < 1.29 is 0 Å². The van der Waals surface area contributed by atoms with Gasteiger partial charge in [-0.05, 0) is 43.7 Å². The van der Waals surface area contributed by atoms with Crippen LogP contribution >= 0.6 is 0 Å². The Morgan fingerprint density at radius 1 is 1.25 bits per heavy atom. The second-order valence-electron chi connectivity index (χ2n) is 4.81. The molecule has 0 bridgehead atoms. The van der Waals surface area contributed by atoms with Crippen molar-refractivity contribution >= 4 is 0 Å². The third kappa shape index (κ3) is 3.95. The second kappa shape index (κ2) is 6.02. The smallest absolute Gasteiger partial charge is 0.0193 e. The molecule has 1 aromatic rings. The first-order valence-electron chi connectivity index (χ1n) is 6.36. The van der Waals surface area contributed by atoms with Gasteiger partial charge in [0.05, 0.1) is 0 Å². The molecule has 2 nitrogen and oxygen atoms in total. The fourth-order valence-corrected chi connectivity index (χ4v) is 1.94. The van der Waals surface area contributed by atoms with E-state index in [0.717, 1.165) is 31.8 Å². The van der Waals surface area contributed by atoms with Gasteiger partial charge in [-0.25, -0.2) is 0 Å².